The fraction of sp³-hybridized carbons (Fsp3) is 0.211. The number of fused-ring (bicyclic) bond motifs is 1. The fourth-order valence-corrected chi connectivity index (χ4v) is 3.51. The normalized spacial score (nSPS) is 17.4. The van der Waals surface area contributed by atoms with E-state index >= 15 is 0 Å². The number of aromatic amines is 1. The number of H-pyrrole nitrogens is 1. The quantitative estimate of drug-likeness (QED) is 0.706. The molecule has 1 unspecified atom stereocenters. The second-order valence-electron chi connectivity index (χ2n) is 6.15. The molecule has 4 rings (SSSR count). The van der Waals surface area contributed by atoms with Crippen molar-refractivity contribution in [2.75, 3.05) is 6.26 Å². The maximum atomic E-state index is 11.5. The number of hydrogen-bond acceptors (Lipinski definition) is 4. The molecule has 1 aliphatic rings. The van der Waals surface area contributed by atoms with Gasteiger partial charge in [0.15, 0.2) is 0 Å². The Bertz CT molecular complexity index is 975. The Morgan fingerprint density at radius 2 is 1.96 bits per heavy atom. The van der Waals surface area contributed by atoms with E-state index in [1.165, 1.54) is 4.90 Å². The Kier molecular flexibility index (Phi) is 4.05. The molecule has 126 valence electrons. The van der Waals surface area contributed by atoms with Crippen molar-refractivity contribution in [3.05, 3.63) is 48.0 Å². The third-order valence-electron chi connectivity index (χ3n) is 4.41. The van der Waals surface area contributed by atoms with Gasteiger partial charge in [-0.15, -0.1) is 11.8 Å². The van der Waals surface area contributed by atoms with Gasteiger partial charge in [-0.1, -0.05) is 31.2 Å². The number of nitrogens with one attached hydrogen (secondary N) is 2. The molecule has 0 bridgehead atoms. The maximum absolute atomic E-state index is 11.5. The number of amides is 1. The van der Waals surface area contributed by atoms with Crippen LogP contribution in [0.1, 0.15) is 18.9 Å². The molecule has 0 fully saturated rings. The van der Waals surface area contributed by atoms with Gasteiger partial charge in [0.1, 0.15) is 5.82 Å². The minimum atomic E-state index is -0.0416. The number of nitrogens with zero attached hydrogens (tertiary/aromatic N) is 2. The van der Waals surface area contributed by atoms with E-state index in [1.54, 1.807) is 11.8 Å². The molecule has 3 aromatic rings. The van der Waals surface area contributed by atoms with Crippen LogP contribution >= 0.6 is 11.8 Å². The number of rotatable bonds is 3. The smallest absolute Gasteiger partial charge is 0.240 e. The molecule has 2 N–H and O–H groups in total. The summed E-state index contributed by atoms with van der Waals surface area (Å²) in [5, 5.41) is 4.28. The molecule has 0 spiro atoms. The molecule has 2 heterocycles. The average molecular weight is 350 g/mol. The van der Waals surface area contributed by atoms with Crippen molar-refractivity contribution in [3.8, 4) is 11.4 Å². The first-order valence-corrected chi connectivity index (χ1v) is 9.38. The predicted molar refractivity (Wildman–Crippen MR) is 102 cm³/mol. The van der Waals surface area contributed by atoms with E-state index in [2.05, 4.69) is 46.0 Å². The van der Waals surface area contributed by atoms with E-state index in [0.717, 1.165) is 33.7 Å². The summed E-state index contributed by atoms with van der Waals surface area (Å²) in [5.41, 5.74) is 7.32. The molecule has 0 radical (unpaired) electrons. The number of hydrazone groups is 1. The number of hydrogen-bond donors (Lipinski definition) is 2. The molecule has 1 amide bonds. The van der Waals surface area contributed by atoms with Gasteiger partial charge in [0.2, 0.25) is 5.91 Å². The summed E-state index contributed by atoms with van der Waals surface area (Å²) in [5.74, 6) is 0.864. The summed E-state index contributed by atoms with van der Waals surface area (Å²) in [7, 11) is 0. The van der Waals surface area contributed by atoms with Crippen molar-refractivity contribution >= 4 is 34.4 Å². The molecule has 0 aliphatic carbocycles. The monoisotopic (exact) mass is 350 g/mol. The Balaban J connectivity index is 1.80. The van der Waals surface area contributed by atoms with E-state index in [1.807, 2.05) is 25.1 Å². The number of para-hydroxylation sites is 1. The summed E-state index contributed by atoms with van der Waals surface area (Å²) in [6.07, 6.45) is 2.51. The second-order valence-corrected chi connectivity index (χ2v) is 7.03. The highest BCUT2D eigenvalue weighted by atomic mass is 32.2. The molecular weight excluding hydrogens is 332 g/mol. The Labute approximate surface area is 149 Å². The molecule has 5 nitrogen and oxygen atoms in total. The van der Waals surface area contributed by atoms with Crippen molar-refractivity contribution in [2.24, 2.45) is 11.0 Å². The minimum absolute atomic E-state index is 0.0416. The van der Waals surface area contributed by atoms with E-state index in [0.29, 0.717) is 6.42 Å². The van der Waals surface area contributed by atoms with Gasteiger partial charge in [-0.3, -0.25) is 4.79 Å². The van der Waals surface area contributed by atoms with Gasteiger partial charge in [0.05, 0.1) is 16.7 Å². The first-order chi connectivity index (χ1) is 12.2. The van der Waals surface area contributed by atoms with Gasteiger partial charge < -0.3 is 4.98 Å². The second kappa shape index (κ2) is 6.37. The van der Waals surface area contributed by atoms with Crippen molar-refractivity contribution < 1.29 is 4.79 Å². The number of aromatic nitrogens is 2. The third kappa shape index (κ3) is 2.93. The predicted octanol–water partition coefficient (Wildman–Crippen LogP) is 3.81. The lowest BCUT2D eigenvalue weighted by molar-refractivity contribution is -0.121. The van der Waals surface area contributed by atoms with Gasteiger partial charge >= 0.3 is 0 Å². The van der Waals surface area contributed by atoms with Crippen LogP contribution in [0.15, 0.2) is 52.5 Å². The number of benzene rings is 2. The molecule has 1 atom stereocenters. The largest absolute Gasteiger partial charge is 0.338 e. The number of carbonyl (C=O) groups is 1. The van der Waals surface area contributed by atoms with Crippen molar-refractivity contribution in [1.29, 1.82) is 0 Å². The van der Waals surface area contributed by atoms with Gasteiger partial charge in [0, 0.05) is 28.4 Å². The molecule has 0 saturated carbocycles. The van der Waals surface area contributed by atoms with Crippen molar-refractivity contribution in [1.82, 2.24) is 15.4 Å². The van der Waals surface area contributed by atoms with Crippen molar-refractivity contribution in [2.45, 2.75) is 18.2 Å². The lowest BCUT2D eigenvalue weighted by atomic mass is 9.93. The van der Waals surface area contributed by atoms with Crippen LogP contribution in [0, 0.1) is 5.92 Å². The summed E-state index contributed by atoms with van der Waals surface area (Å²) in [4.78, 5) is 20.9. The summed E-state index contributed by atoms with van der Waals surface area (Å²) in [6, 6.07) is 14.3. The highest BCUT2D eigenvalue weighted by Gasteiger charge is 2.24. The summed E-state index contributed by atoms with van der Waals surface area (Å²) < 4.78 is 0. The zero-order valence-corrected chi connectivity index (χ0v) is 14.9. The molecule has 2 aromatic carbocycles. The van der Waals surface area contributed by atoms with E-state index in [9.17, 15) is 4.79 Å². The standard InChI is InChI=1S/C19H18N4OS/c1-11-10-16(24)22-23-17(11)14-4-3-5-15-18(14)21-19(20-15)12-6-8-13(25-2)9-7-12/h3-9,11H,10H2,1-2H3,(H,20,21)(H,22,24). The lowest BCUT2D eigenvalue weighted by Gasteiger charge is -2.19. The van der Waals surface area contributed by atoms with E-state index in [-0.39, 0.29) is 11.8 Å². The number of thioether (sulfide) groups is 1. The van der Waals surface area contributed by atoms with Crippen LogP contribution in [0.3, 0.4) is 0 Å². The number of carbonyl (C=O) groups excluding carboxylic acids is 1. The van der Waals surface area contributed by atoms with Gasteiger partial charge in [-0.25, -0.2) is 10.4 Å². The van der Waals surface area contributed by atoms with Crippen molar-refractivity contribution in [3.63, 3.8) is 0 Å². The lowest BCUT2D eigenvalue weighted by Crippen LogP contribution is -2.32. The first-order valence-electron chi connectivity index (χ1n) is 8.15. The van der Waals surface area contributed by atoms with E-state index < -0.39 is 0 Å². The Morgan fingerprint density at radius 1 is 1.16 bits per heavy atom. The zero-order valence-electron chi connectivity index (χ0n) is 14.0. The van der Waals surface area contributed by atoms with Crippen LogP contribution in [0.5, 0.6) is 0 Å². The third-order valence-corrected chi connectivity index (χ3v) is 5.16. The molecule has 1 aliphatic heterocycles. The van der Waals surface area contributed by atoms with E-state index in [4.69, 9.17) is 4.98 Å². The highest BCUT2D eigenvalue weighted by molar-refractivity contribution is 7.98. The van der Waals surface area contributed by atoms with Gasteiger partial charge in [0.25, 0.3) is 0 Å². The highest BCUT2D eigenvalue weighted by Crippen LogP contribution is 2.27. The van der Waals surface area contributed by atoms with Crippen LogP contribution in [0.4, 0.5) is 0 Å². The van der Waals surface area contributed by atoms with Gasteiger partial charge in [-0.2, -0.15) is 5.10 Å². The summed E-state index contributed by atoms with van der Waals surface area (Å²) >= 11 is 1.72. The minimum Gasteiger partial charge on any atom is -0.338 e. The zero-order chi connectivity index (χ0) is 17.4. The molecular formula is C19H18N4OS. The number of imidazole rings is 1. The van der Waals surface area contributed by atoms with Crippen LogP contribution < -0.4 is 5.43 Å². The molecule has 1 aromatic heterocycles. The SMILES string of the molecule is CSc1ccc(-c2nc3c(C4=NNC(=O)CC4C)cccc3[nH]2)cc1. The fourth-order valence-electron chi connectivity index (χ4n) is 3.10. The molecule has 0 saturated heterocycles. The van der Waals surface area contributed by atoms with Gasteiger partial charge in [-0.05, 0) is 24.5 Å². The maximum Gasteiger partial charge on any atom is 0.240 e. The van der Waals surface area contributed by atoms with Crippen LogP contribution in [-0.2, 0) is 4.79 Å². The molecule has 6 heteroatoms. The Hall–Kier alpha value is -2.60. The van der Waals surface area contributed by atoms with Crippen LogP contribution in [0.25, 0.3) is 22.4 Å². The van der Waals surface area contributed by atoms with Crippen LogP contribution in [-0.4, -0.2) is 27.8 Å². The topological polar surface area (TPSA) is 70.1 Å². The average Bonchev–Trinajstić information content (AvgIpc) is 3.06. The van der Waals surface area contributed by atoms with Crippen LogP contribution in [0.2, 0.25) is 0 Å². The first kappa shape index (κ1) is 15.9. The summed E-state index contributed by atoms with van der Waals surface area (Å²) in [6.45, 7) is 2.02. The Morgan fingerprint density at radius 3 is 2.68 bits per heavy atom. The molecule has 25 heavy (non-hydrogen) atoms.